The quantitative estimate of drug-likeness (QED) is 0.482. The van der Waals surface area contributed by atoms with Gasteiger partial charge in [-0.2, -0.15) is 0 Å². The second kappa shape index (κ2) is 4.34. The molecule has 124 valence electrons. The van der Waals surface area contributed by atoms with Gasteiger partial charge in [0.15, 0.2) is 0 Å². The lowest BCUT2D eigenvalue weighted by molar-refractivity contribution is -0.0920. The van der Waals surface area contributed by atoms with Crippen molar-refractivity contribution < 1.29 is 0 Å². The molecule has 0 spiro atoms. The normalized spacial score (nSPS) is 63.1. The smallest absolute Gasteiger partial charge is 0.0292 e. The van der Waals surface area contributed by atoms with Crippen LogP contribution in [0.1, 0.15) is 91.4 Å². The fraction of sp³-hybridized carbons (Fsp3) is 1.00. The van der Waals surface area contributed by atoms with Crippen LogP contribution in [0.2, 0.25) is 0 Å². The van der Waals surface area contributed by atoms with Crippen LogP contribution >= 0.6 is 0 Å². The van der Waals surface area contributed by atoms with Crippen molar-refractivity contribution in [3.63, 3.8) is 0 Å². The summed E-state index contributed by atoms with van der Waals surface area (Å²) in [6, 6.07) is 0. The summed E-state index contributed by atoms with van der Waals surface area (Å²) in [5.74, 6) is 5.68. The zero-order valence-electron chi connectivity index (χ0n) is 15.2. The topological polar surface area (TPSA) is 0 Å². The highest BCUT2D eigenvalue weighted by Crippen LogP contribution is 2.65. The fourth-order valence-electron chi connectivity index (χ4n) is 9.43. The Morgan fingerprint density at radius 3 is 1.36 bits per heavy atom. The van der Waals surface area contributed by atoms with E-state index in [1.807, 2.05) is 0 Å². The zero-order chi connectivity index (χ0) is 15.2. The highest BCUT2D eigenvalue weighted by Gasteiger charge is 2.55. The molecule has 0 aromatic carbocycles. The Labute approximate surface area is 137 Å². The van der Waals surface area contributed by atoms with E-state index in [-0.39, 0.29) is 0 Å². The molecule has 8 fully saturated rings. The van der Waals surface area contributed by atoms with E-state index in [9.17, 15) is 0 Å². The van der Waals surface area contributed by atoms with Gasteiger partial charge in [-0.1, -0.05) is 20.8 Å². The summed E-state index contributed by atoms with van der Waals surface area (Å²) in [7, 11) is 0. The molecule has 0 heterocycles. The fourth-order valence-corrected chi connectivity index (χ4v) is 9.43. The van der Waals surface area contributed by atoms with Crippen LogP contribution < -0.4 is 0 Å². The minimum atomic E-state index is 0.763. The Morgan fingerprint density at radius 2 is 1.00 bits per heavy atom. The van der Waals surface area contributed by atoms with E-state index in [0.29, 0.717) is 0 Å². The molecule has 22 heavy (non-hydrogen) atoms. The van der Waals surface area contributed by atoms with Crippen molar-refractivity contribution in [2.75, 3.05) is 0 Å². The molecule has 0 N–H and O–H groups in total. The highest BCUT2D eigenvalue weighted by molar-refractivity contribution is 5.05. The van der Waals surface area contributed by atoms with E-state index in [1.165, 1.54) is 6.42 Å². The SMILES string of the molecule is CC12CC3CC(C1)CC(C)(C3)C2.CC12CC3CC(CC1C3)C2. The van der Waals surface area contributed by atoms with Crippen molar-refractivity contribution in [2.24, 2.45) is 45.8 Å². The van der Waals surface area contributed by atoms with Crippen molar-refractivity contribution in [1.82, 2.24) is 0 Å². The average Bonchev–Trinajstić information content (AvgIpc) is 2.67. The van der Waals surface area contributed by atoms with Gasteiger partial charge in [0, 0.05) is 0 Å². The van der Waals surface area contributed by atoms with Crippen LogP contribution in [-0.4, -0.2) is 0 Å². The second-order valence-corrected chi connectivity index (χ2v) is 11.8. The van der Waals surface area contributed by atoms with Gasteiger partial charge < -0.3 is 0 Å². The maximum atomic E-state index is 2.54. The number of hydrogen-bond donors (Lipinski definition) is 0. The van der Waals surface area contributed by atoms with Crippen LogP contribution in [0.3, 0.4) is 0 Å². The van der Waals surface area contributed by atoms with Crippen molar-refractivity contribution in [3.05, 3.63) is 0 Å². The summed E-state index contributed by atoms with van der Waals surface area (Å²) in [5, 5.41) is 0. The summed E-state index contributed by atoms with van der Waals surface area (Å²) < 4.78 is 0. The number of hydrogen-bond acceptors (Lipinski definition) is 0. The van der Waals surface area contributed by atoms with Crippen molar-refractivity contribution in [2.45, 2.75) is 91.4 Å². The Balaban J connectivity index is 0.000000104. The van der Waals surface area contributed by atoms with E-state index >= 15 is 0 Å². The van der Waals surface area contributed by atoms with Gasteiger partial charge >= 0.3 is 0 Å². The lowest BCUT2D eigenvalue weighted by atomic mass is 9.45. The molecule has 0 heteroatoms. The van der Waals surface area contributed by atoms with Crippen LogP contribution in [-0.2, 0) is 0 Å². The molecule has 0 aliphatic heterocycles. The minimum Gasteiger partial charge on any atom is -0.0596 e. The van der Waals surface area contributed by atoms with E-state index in [4.69, 9.17) is 0 Å². The first-order valence-corrected chi connectivity index (χ1v) is 10.3. The summed E-state index contributed by atoms with van der Waals surface area (Å²) in [5.41, 5.74) is 2.35. The molecule has 8 rings (SSSR count). The van der Waals surface area contributed by atoms with E-state index in [2.05, 4.69) is 20.8 Å². The molecule has 0 aromatic rings. The first-order valence-electron chi connectivity index (χ1n) is 10.3. The predicted molar refractivity (Wildman–Crippen MR) is 92.6 cm³/mol. The maximum Gasteiger partial charge on any atom is -0.0292 e. The van der Waals surface area contributed by atoms with Gasteiger partial charge in [-0.25, -0.2) is 0 Å². The molecular weight excluding hydrogens is 264 g/mol. The van der Waals surface area contributed by atoms with Gasteiger partial charge in [-0.05, 0) is 116 Å². The highest BCUT2D eigenvalue weighted by atomic mass is 14.6. The van der Waals surface area contributed by atoms with Crippen LogP contribution in [0.4, 0.5) is 0 Å². The van der Waals surface area contributed by atoms with Gasteiger partial charge in [0.2, 0.25) is 0 Å². The maximum absolute atomic E-state index is 2.54. The predicted octanol–water partition coefficient (Wildman–Crippen LogP) is 6.45. The van der Waals surface area contributed by atoms with Crippen molar-refractivity contribution >= 4 is 0 Å². The summed E-state index contributed by atoms with van der Waals surface area (Å²) in [6.07, 6.45) is 17.3. The third-order valence-corrected chi connectivity index (χ3v) is 9.04. The molecule has 0 saturated heterocycles. The standard InChI is InChI=1S/C12H20.C10H16/c1-11-4-9-3-10(5-11)7-12(2,6-9)8-11;1-10-5-7-2-8(6-10)4-9(10)3-7/h9-10H,3-8H2,1-2H3;7-9H,2-6H2,1H3. The average molecular weight is 301 g/mol. The Bertz CT molecular complexity index is 426. The van der Waals surface area contributed by atoms with E-state index in [0.717, 1.165) is 45.8 Å². The second-order valence-electron chi connectivity index (χ2n) is 11.8. The van der Waals surface area contributed by atoms with Crippen molar-refractivity contribution in [3.8, 4) is 0 Å². The first-order chi connectivity index (χ1) is 10.3. The monoisotopic (exact) mass is 300 g/mol. The van der Waals surface area contributed by atoms with Gasteiger partial charge in [-0.3, -0.25) is 0 Å². The summed E-state index contributed by atoms with van der Waals surface area (Å²) in [4.78, 5) is 0. The summed E-state index contributed by atoms with van der Waals surface area (Å²) >= 11 is 0. The Morgan fingerprint density at radius 1 is 0.545 bits per heavy atom. The zero-order valence-corrected chi connectivity index (χ0v) is 15.2. The van der Waals surface area contributed by atoms with Crippen molar-refractivity contribution in [1.29, 1.82) is 0 Å². The van der Waals surface area contributed by atoms with E-state index < -0.39 is 0 Å². The molecule has 2 atom stereocenters. The van der Waals surface area contributed by atoms with Crippen LogP contribution in [0.15, 0.2) is 0 Å². The third kappa shape index (κ3) is 2.15. The molecule has 8 bridgehead atoms. The summed E-state index contributed by atoms with van der Waals surface area (Å²) in [6.45, 7) is 7.63. The molecule has 2 unspecified atom stereocenters. The molecule has 0 amide bonds. The molecule has 8 aliphatic rings. The Kier molecular flexibility index (Phi) is 2.83. The van der Waals surface area contributed by atoms with Crippen LogP contribution in [0, 0.1) is 45.8 Å². The van der Waals surface area contributed by atoms with Gasteiger partial charge in [-0.15, -0.1) is 0 Å². The van der Waals surface area contributed by atoms with E-state index in [1.54, 1.807) is 64.2 Å². The van der Waals surface area contributed by atoms with Gasteiger partial charge in [0.1, 0.15) is 0 Å². The molecule has 8 saturated carbocycles. The molecule has 0 aromatic heterocycles. The Hall–Kier alpha value is 0. The first kappa shape index (κ1) is 14.4. The third-order valence-electron chi connectivity index (χ3n) is 9.04. The minimum absolute atomic E-state index is 0.763. The van der Waals surface area contributed by atoms with Gasteiger partial charge in [0.25, 0.3) is 0 Å². The molecule has 0 nitrogen and oxygen atoms in total. The van der Waals surface area contributed by atoms with Gasteiger partial charge in [0.05, 0.1) is 0 Å². The molecule has 8 aliphatic carbocycles. The molecular formula is C22H36. The lowest BCUT2D eigenvalue weighted by Crippen LogP contribution is -2.49. The van der Waals surface area contributed by atoms with Crippen LogP contribution in [0.5, 0.6) is 0 Å². The number of rotatable bonds is 0. The lowest BCUT2D eigenvalue weighted by Gasteiger charge is -2.60. The largest absolute Gasteiger partial charge is 0.0596 e. The molecule has 0 radical (unpaired) electrons. The van der Waals surface area contributed by atoms with Crippen LogP contribution in [0.25, 0.3) is 0 Å².